The second-order valence-corrected chi connectivity index (χ2v) is 9.27. The lowest BCUT2D eigenvalue weighted by atomic mass is 9.95. The van der Waals surface area contributed by atoms with Gasteiger partial charge < -0.3 is 15.4 Å². The summed E-state index contributed by atoms with van der Waals surface area (Å²) >= 11 is 1.95. The molecule has 2 atom stereocenters. The average Bonchev–Trinajstić information content (AvgIpc) is 2.50. The van der Waals surface area contributed by atoms with Gasteiger partial charge in [-0.2, -0.15) is 11.8 Å². The van der Waals surface area contributed by atoms with E-state index < -0.39 is 9.84 Å². The van der Waals surface area contributed by atoms with E-state index in [4.69, 9.17) is 4.74 Å². The predicted octanol–water partition coefficient (Wildman–Crippen LogP) is 1.28. The molecule has 0 spiro atoms. The number of ether oxygens (including phenoxy) is 1. The summed E-state index contributed by atoms with van der Waals surface area (Å²) in [6.45, 7) is 4.06. The zero-order valence-corrected chi connectivity index (χ0v) is 16.1. The Labute approximate surface area is 145 Å². The third kappa shape index (κ3) is 10.1. The lowest BCUT2D eigenvalue weighted by molar-refractivity contribution is 0.157. The highest BCUT2D eigenvalue weighted by atomic mass is 32.2. The van der Waals surface area contributed by atoms with E-state index in [-0.39, 0.29) is 12.4 Å². The van der Waals surface area contributed by atoms with Crippen molar-refractivity contribution in [3.05, 3.63) is 0 Å². The molecule has 2 unspecified atom stereocenters. The van der Waals surface area contributed by atoms with Crippen molar-refractivity contribution in [2.24, 2.45) is 4.99 Å². The van der Waals surface area contributed by atoms with Crippen molar-refractivity contribution in [1.82, 2.24) is 10.6 Å². The summed E-state index contributed by atoms with van der Waals surface area (Å²) in [7, 11) is -2.95. The normalized spacial score (nSPS) is 22.8. The third-order valence-electron chi connectivity index (χ3n) is 3.75. The Morgan fingerprint density at radius 2 is 2.13 bits per heavy atom. The molecule has 0 aromatic rings. The highest BCUT2D eigenvalue weighted by Crippen LogP contribution is 2.26. The Balaban J connectivity index is 2.32. The Kier molecular flexibility index (Phi) is 9.97. The summed E-state index contributed by atoms with van der Waals surface area (Å²) in [5, 5.41) is 7.51. The van der Waals surface area contributed by atoms with E-state index in [9.17, 15) is 8.42 Å². The molecule has 0 aromatic carbocycles. The minimum Gasteiger partial charge on any atom is -0.378 e. The molecule has 1 fully saturated rings. The van der Waals surface area contributed by atoms with Gasteiger partial charge in [0.2, 0.25) is 0 Å². The summed E-state index contributed by atoms with van der Waals surface area (Å²) in [6.07, 6.45) is 8.33. The predicted molar refractivity (Wildman–Crippen MR) is 99.2 cm³/mol. The molecule has 6 nitrogen and oxygen atoms in total. The summed E-state index contributed by atoms with van der Waals surface area (Å²) in [6, 6.07) is 0.477. The van der Waals surface area contributed by atoms with Crippen LogP contribution in [0.2, 0.25) is 0 Å². The zero-order chi connectivity index (χ0) is 17.1. The van der Waals surface area contributed by atoms with E-state index in [1.807, 2.05) is 18.7 Å². The zero-order valence-electron chi connectivity index (χ0n) is 14.5. The first kappa shape index (κ1) is 20.6. The van der Waals surface area contributed by atoms with Gasteiger partial charge in [0.15, 0.2) is 5.96 Å². The lowest BCUT2D eigenvalue weighted by Crippen LogP contribution is -2.45. The highest BCUT2D eigenvalue weighted by molar-refractivity contribution is 7.99. The van der Waals surface area contributed by atoms with Crippen LogP contribution in [-0.2, 0) is 14.6 Å². The number of thioether (sulfide) groups is 1. The number of hydrogen-bond donors (Lipinski definition) is 2. The van der Waals surface area contributed by atoms with E-state index in [1.165, 1.54) is 31.9 Å². The lowest BCUT2D eigenvalue weighted by Gasteiger charge is -2.29. The molecular weight excluding hydrogens is 334 g/mol. The molecule has 1 rings (SSSR count). The fourth-order valence-corrected chi connectivity index (χ4v) is 3.79. The monoisotopic (exact) mass is 365 g/mol. The maximum atomic E-state index is 11.0. The topological polar surface area (TPSA) is 79.8 Å². The van der Waals surface area contributed by atoms with Crippen LogP contribution < -0.4 is 10.6 Å². The first-order valence-electron chi connectivity index (χ1n) is 8.27. The summed E-state index contributed by atoms with van der Waals surface area (Å²) in [5.41, 5.74) is 0. The van der Waals surface area contributed by atoms with E-state index in [2.05, 4.69) is 21.9 Å². The van der Waals surface area contributed by atoms with Gasteiger partial charge in [0.05, 0.1) is 25.5 Å². The van der Waals surface area contributed by atoms with E-state index >= 15 is 0 Å². The fourth-order valence-electron chi connectivity index (χ4n) is 2.54. The first-order chi connectivity index (χ1) is 10.9. The Morgan fingerprint density at radius 1 is 1.35 bits per heavy atom. The van der Waals surface area contributed by atoms with Crippen molar-refractivity contribution < 1.29 is 13.2 Å². The molecule has 0 heterocycles. The van der Waals surface area contributed by atoms with Gasteiger partial charge in [-0.15, -0.1) is 0 Å². The first-order valence-corrected chi connectivity index (χ1v) is 11.6. The third-order valence-corrected chi connectivity index (χ3v) is 5.75. The Bertz CT molecular complexity index is 455. The van der Waals surface area contributed by atoms with Crippen molar-refractivity contribution in [2.45, 2.75) is 43.9 Å². The quantitative estimate of drug-likeness (QED) is 0.364. The number of aliphatic imine (C=N–C) groups is 1. The SMILES string of the molecule is CCNC(=NCCOCCS(C)(=O)=O)NC1CCCC(SC)C1. The molecule has 1 aliphatic rings. The standard InChI is InChI=1S/C15H31N3O3S2/c1-4-16-15(17-8-9-21-10-11-23(3,19)20)18-13-6-5-7-14(12-13)22-2/h13-14H,4-12H2,1-3H3,(H2,16,17,18). The van der Waals surface area contributed by atoms with Gasteiger partial charge in [0.25, 0.3) is 0 Å². The fraction of sp³-hybridized carbons (Fsp3) is 0.933. The molecule has 0 saturated heterocycles. The minimum atomic E-state index is -2.95. The molecule has 1 aliphatic carbocycles. The molecule has 0 bridgehead atoms. The number of sulfone groups is 1. The van der Waals surface area contributed by atoms with Gasteiger partial charge in [-0.3, -0.25) is 4.99 Å². The van der Waals surface area contributed by atoms with Crippen LogP contribution in [-0.4, -0.2) is 70.2 Å². The molecule has 0 amide bonds. The number of guanidine groups is 1. The van der Waals surface area contributed by atoms with Gasteiger partial charge in [-0.1, -0.05) is 6.42 Å². The Hall–Kier alpha value is -0.470. The van der Waals surface area contributed by atoms with Gasteiger partial charge in [-0.05, 0) is 32.4 Å². The molecule has 0 aliphatic heterocycles. The van der Waals surface area contributed by atoms with Gasteiger partial charge in [-0.25, -0.2) is 8.42 Å². The van der Waals surface area contributed by atoms with Gasteiger partial charge >= 0.3 is 0 Å². The van der Waals surface area contributed by atoms with Crippen molar-refractivity contribution >= 4 is 27.6 Å². The number of rotatable bonds is 9. The molecule has 136 valence electrons. The number of hydrogen-bond acceptors (Lipinski definition) is 5. The van der Waals surface area contributed by atoms with Crippen molar-refractivity contribution in [3.8, 4) is 0 Å². The van der Waals surface area contributed by atoms with Crippen LogP contribution in [0.3, 0.4) is 0 Å². The van der Waals surface area contributed by atoms with Crippen LogP contribution in [0.25, 0.3) is 0 Å². The van der Waals surface area contributed by atoms with Crippen LogP contribution in [0.4, 0.5) is 0 Å². The second-order valence-electron chi connectivity index (χ2n) is 5.87. The maximum Gasteiger partial charge on any atom is 0.191 e. The summed E-state index contributed by atoms with van der Waals surface area (Å²) in [5.74, 6) is 0.888. The van der Waals surface area contributed by atoms with Crippen LogP contribution in [0, 0.1) is 0 Å². The van der Waals surface area contributed by atoms with E-state index in [0.29, 0.717) is 19.2 Å². The molecule has 0 aromatic heterocycles. The Morgan fingerprint density at radius 3 is 2.78 bits per heavy atom. The maximum absolute atomic E-state index is 11.0. The molecule has 8 heteroatoms. The number of nitrogens with one attached hydrogen (secondary N) is 2. The van der Waals surface area contributed by atoms with Crippen LogP contribution in [0.15, 0.2) is 4.99 Å². The van der Waals surface area contributed by atoms with Crippen molar-refractivity contribution in [3.63, 3.8) is 0 Å². The van der Waals surface area contributed by atoms with Crippen molar-refractivity contribution in [2.75, 3.05) is 44.6 Å². The highest BCUT2D eigenvalue weighted by Gasteiger charge is 2.21. The second kappa shape index (κ2) is 11.1. The molecule has 0 radical (unpaired) electrons. The molecule has 1 saturated carbocycles. The summed E-state index contributed by atoms with van der Waals surface area (Å²) in [4.78, 5) is 4.51. The molecule has 23 heavy (non-hydrogen) atoms. The van der Waals surface area contributed by atoms with Crippen molar-refractivity contribution in [1.29, 1.82) is 0 Å². The van der Waals surface area contributed by atoms with E-state index in [1.54, 1.807) is 0 Å². The largest absolute Gasteiger partial charge is 0.378 e. The smallest absolute Gasteiger partial charge is 0.191 e. The number of nitrogens with zero attached hydrogens (tertiary/aromatic N) is 1. The van der Waals surface area contributed by atoms with Gasteiger partial charge in [0.1, 0.15) is 9.84 Å². The molecular formula is C15H31N3O3S2. The van der Waals surface area contributed by atoms with Crippen LogP contribution in [0.5, 0.6) is 0 Å². The van der Waals surface area contributed by atoms with Crippen LogP contribution in [0.1, 0.15) is 32.6 Å². The average molecular weight is 366 g/mol. The minimum absolute atomic E-state index is 0.0627. The molecule has 2 N–H and O–H groups in total. The van der Waals surface area contributed by atoms with Gasteiger partial charge in [0, 0.05) is 24.1 Å². The van der Waals surface area contributed by atoms with E-state index in [0.717, 1.165) is 17.8 Å². The summed E-state index contributed by atoms with van der Waals surface area (Å²) < 4.78 is 27.3. The van der Waals surface area contributed by atoms with Crippen LogP contribution >= 0.6 is 11.8 Å².